The van der Waals surface area contributed by atoms with Crippen molar-refractivity contribution in [2.75, 3.05) is 0 Å². The van der Waals surface area contributed by atoms with Gasteiger partial charge in [-0.05, 0) is 37.5 Å². The van der Waals surface area contributed by atoms with Crippen LogP contribution in [0.5, 0.6) is 5.75 Å². The van der Waals surface area contributed by atoms with Gasteiger partial charge in [0.25, 0.3) is 0 Å². The molecule has 1 rings (SSSR count). The van der Waals surface area contributed by atoms with E-state index in [1.807, 2.05) is 38.1 Å². The Balaban J connectivity index is 0. The minimum Gasteiger partial charge on any atom is -0.508 e. The molecule has 15 heavy (non-hydrogen) atoms. The number of allylic oxidation sites excluding steroid dienone is 2. The smallest absolute Gasteiger partial charge is 0.115 e. The normalized spacial score (nSPS) is 9.40. The maximum absolute atomic E-state index is 8.94. The molecule has 0 heterocycles. The average molecular weight is 208 g/mol. The van der Waals surface area contributed by atoms with E-state index in [-0.39, 0.29) is 7.43 Å². The summed E-state index contributed by atoms with van der Waals surface area (Å²) in [5.41, 5.74) is 1.26. The summed E-state index contributed by atoms with van der Waals surface area (Å²) in [7, 11) is 0. The van der Waals surface area contributed by atoms with Crippen LogP contribution in [0.2, 0.25) is 0 Å². The second-order valence-corrected chi connectivity index (χ2v) is 3.41. The second-order valence-electron chi connectivity index (χ2n) is 3.41. The second kappa shape index (κ2) is 9.32. The Morgan fingerprint density at radius 2 is 1.40 bits per heavy atom. The van der Waals surface area contributed by atoms with Crippen molar-refractivity contribution in [3.8, 4) is 5.75 Å². The number of aromatic hydroxyl groups is 1. The quantitative estimate of drug-likeness (QED) is 0.661. The van der Waals surface area contributed by atoms with Crippen LogP contribution in [0.3, 0.4) is 0 Å². The van der Waals surface area contributed by atoms with Gasteiger partial charge in [0.1, 0.15) is 5.75 Å². The highest BCUT2D eigenvalue weighted by atomic mass is 16.3. The van der Waals surface area contributed by atoms with E-state index in [1.165, 1.54) is 5.56 Å². The Morgan fingerprint density at radius 3 is 1.67 bits per heavy atom. The molecule has 1 aromatic carbocycles. The molecule has 0 bridgehead atoms. The van der Waals surface area contributed by atoms with Gasteiger partial charge in [0.05, 0.1) is 0 Å². The molecule has 1 N–H and O–H groups in total. The van der Waals surface area contributed by atoms with E-state index in [9.17, 15) is 0 Å². The molecule has 1 heteroatoms. The van der Waals surface area contributed by atoms with E-state index in [2.05, 4.69) is 13.8 Å². The first-order chi connectivity index (χ1) is 6.61. The average Bonchev–Trinajstić information content (AvgIpc) is 2.19. The van der Waals surface area contributed by atoms with Crippen molar-refractivity contribution in [1.29, 1.82) is 0 Å². The summed E-state index contributed by atoms with van der Waals surface area (Å²) in [6.45, 7) is 8.26. The van der Waals surface area contributed by atoms with Crippen LogP contribution in [-0.4, -0.2) is 5.11 Å². The van der Waals surface area contributed by atoms with Crippen LogP contribution in [0.4, 0.5) is 0 Å². The first-order valence-corrected chi connectivity index (χ1v) is 4.98. The summed E-state index contributed by atoms with van der Waals surface area (Å²) in [6.07, 6.45) is 4.00. The summed E-state index contributed by atoms with van der Waals surface area (Å²) in [6, 6.07) is 7.32. The van der Waals surface area contributed by atoms with Gasteiger partial charge in [-0.15, -0.1) is 0 Å². The molecule has 0 unspecified atom stereocenters. The van der Waals surface area contributed by atoms with E-state index in [4.69, 9.17) is 5.11 Å². The summed E-state index contributed by atoms with van der Waals surface area (Å²) < 4.78 is 0. The summed E-state index contributed by atoms with van der Waals surface area (Å²) in [5, 5.41) is 8.94. The maximum atomic E-state index is 8.94. The molecule has 0 aromatic heterocycles. The van der Waals surface area contributed by atoms with Crippen LogP contribution in [0.25, 0.3) is 0 Å². The predicted molar refractivity (Wildman–Crippen MR) is 69.4 cm³/mol. The van der Waals surface area contributed by atoms with E-state index >= 15 is 0 Å². The number of phenolic OH excluding ortho intramolecular Hbond substituents is 1. The third-order valence-electron chi connectivity index (χ3n) is 1.89. The molecule has 1 nitrogen and oxygen atoms in total. The van der Waals surface area contributed by atoms with Crippen LogP contribution in [0, 0.1) is 0 Å². The lowest BCUT2D eigenvalue weighted by Gasteiger charge is -2.03. The number of benzene rings is 1. The Labute approximate surface area is 94.5 Å². The van der Waals surface area contributed by atoms with Gasteiger partial charge in [0.15, 0.2) is 0 Å². The third kappa shape index (κ3) is 7.80. The van der Waals surface area contributed by atoms with Crippen LogP contribution >= 0.6 is 0 Å². The summed E-state index contributed by atoms with van der Waals surface area (Å²) in [4.78, 5) is 0. The van der Waals surface area contributed by atoms with Gasteiger partial charge >= 0.3 is 0 Å². The number of rotatable bonds is 1. The largest absolute Gasteiger partial charge is 0.508 e. The minimum atomic E-state index is 0. The molecule has 1 aromatic rings. The molecule has 0 saturated carbocycles. The fourth-order valence-corrected chi connectivity index (χ4v) is 0.859. The first-order valence-electron chi connectivity index (χ1n) is 4.98. The molecule has 0 fully saturated rings. The predicted octanol–water partition coefficient (Wildman–Crippen LogP) is 4.73. The van der Waals surface area contributed by atoms with Crippen LogP contribution < -0.4 is 0 Å². The zero-order valence-corrected chi connectivity index (χ0v) is 9.49. The molecular formula is C14H24O. The molecule has 0 spiro atoms. The SMILES string of the molecule is C.C/C=C/C.CC(C)c1ccc(O)cc1. The van der Waals surface area contributed by atoms with Crippen molar-refractivity contribution in [3.05, 3.63) is 42.0 Å². The van der Waals surface area contributed by atoms with Crippen molar-refractivity contribution < 1.29 is 5.11 Å². The number of hydrogen-bond acceptors (Lipinski definition) is 1. The lowest BCUT2D eigenvalue weighted by atomic mass is 10.0. The first kappa shape index (κ1) is 16.2. The molecule has 0 saturated heterocycles. The van der Waals surface area contributed by atoms with Crippen LogP contribution in [0.15, 0.2) is 36.4 Å². The minimum absolute atomic E-state index is 0. The summed E-state index contributed by atoms with van der Waals surface area (Å²) in [5.74, 6) is 0.880. The highest BCUT2D eigenvalue weighted by Crippen LogP contribution is 2.16. The van der Waals surface area contributed by atoms with E-state index in [0.29, 0.717) is 11.7 Å². The summed E-state index contributed by atoms with van der Waals surface area (Å²) >= 11 is 0. The fourth-order valence-electron chi connectivity index (χ4n) is 0.859. The van der Waals surface area contributed by atoms with Crippen molar-refractivity contribution in [3.63, 3.8) is 0 Å². The Hall–Kier alpha value is -1.24. The van der Waals surface area contributed by atoms with Gasteiger partial charge < -0.3 is 5.11 Å². The van der Waals surface area contributed by atoms with E-state index in [1.54, 1.807) is 12.1 Å². The van der Waals surface area contributed by atoms with Crippen LogP contribution in [0.1, 0.15) is 46.6 Å². The van der Waals surface area contributed by atoms with E-state index in [0.717, 1.165) is 0 Å². The Bertz CT molecular complexity index is 253. The van der Waals surface area contributed by atoms with Crippen molar-refractivity contribution in [1.82, 2.24) is 0 Å². The maximum Gasteiger partial charge on any atom is 0.115 e. The van der Waals surface area contributed by atoms with Crippen LogP contribution in [-0.2, 0) is 0 Å². The zero-order valence-electron chi connectivity index (χ0n) is 9.49. The molecule has 86 valence electrons. The fraction of sp³-hybridized carbons (Fsp3) is 0.429. The molecule has 0 aliphatic rings. The van der Waals surface area contributed by atoms with Crippen molar-refractivity contribution in [2.24, 2.45) is 0 Å². The van der Waals surface area contributed by atoms with Gasteiger partial charge in [-0.2, -0.15) is 0 Å². The van der Waals surface area contributed by atoms with Gasteiger partial charge in [0, 0.05) is 0 Å². The zero-order chi connectivity index (χ0) is 11.0. The molecule has 0 aliphatic heterocycles. The highest BCUT2D eigenvalue weighted by Gasteiger charge is 1.96. The molecule has 0 aliphatic carbocycles. The monoisotopic (exact) mass is 208 g/mol. The van der Waals surface area contributed by atoms with Gasteiger partial charge in [-0.3, -0.25) is 0 Å². The highest BCUT2D eigenvalue weighted by molar-refractivity contribution is 5.27. The Morgan fingerprint density at radius 1 is 1.00 bits per heavy atom. The van der Waals surface area contributed by atoms with Crippen molar-refractivity contribution >= 4 is 0 Å². The van der Waals surface area contributed by atoms with Crippen molar-refractivity contribution in [2.45, 2.75) is 41.0 Å². The molecule has 0 amide bonds. The molecule has 0 radical (unpaired) electrons. The lowest BCUT2D eigenvalue weighted by Crippen LogP contribution is -1.84. The molecular weight excluding hydrogens is 184 g/mol. The standard InChI is InChI=1S/C9H12O.C4H8.CH4/c1-7(2)8-3-5-9(10)6-4-8;1-3-4-2;/h3-7,10H,1-2H3;3-4H,1-2H3;1H4/b;4-3+;. The Kier molecular flexibility index (Phi) is 10.1. The van der Waals surface area contributed by atoms with Gasteiger partial charge in [-0.1, -0.05) is 45.6 Å². The third-order valence-corrected chi connectivity index (χ3v) is 1.89. The lowest BCUT2D eigenvalue weighted by molar-refractivity contribution is 0.475. The van der Waals surface area contributed by atoms with Gasteiger partial charge in [0.2, 0.25) is 0 Å². The topological polar surface area (TPSA) is 20.2 Å². The van der Waals surface area contributed by atoms with Gasteiger partial charge in [-0.25, -0.2) is 0 Å². The number of hydrogen-bond donors (Lipinski definition) is 1. The molecule has 0 atom stereocenters. The van der Waals surface area contributed by atoms with E-state index < -0.39 is 0 Å². The number of phenols is 1.